The molecule has 0 saturated heterocycles. The standard InChI is InChI=1S/C26H38N2O/c1-15-4-6-18-17(10-15)5-7-20-19(18)8-9-26(3)24(20)21-11-22(21)25(26)23(29)14-28-13-16(2)12-27-28/h12-13,15,17-22,24-25H,4-11,14H2,1-3H3. The van der Waals surface area contributed by atoms with E-state index in [1.54, 1.807) is 0 Å². The molecule has 1 aromatic heterocycles. The lowest BCUT2D eigenvalue weighted by atomic mass is 9.48. The van der Waals surface area contributed by atoms with Crippen molar-refractivity contribution in [2.45, 2.75) is 78.7 Å². The van der Waals surface area contributed by atoms with E-state index in [2.05, 4.69) is 25.9 Å². The summed E-state index contributed by atoms with van der Waals surface area (Å²) in [5.41, 5.74) is 1.42. The largest absolute Gasteiger partial charge is 0.297 e. The number of aromatic nitrogens is 2. The van der Waals surface area contributed by atoms with Crippen molar-refractivity contribution in [1.82, 2.24) is 9.78 Å². The smallest absolute Gasteiger partial charge is 0.158 e. The Morgan fingerprint density at radius 3 is 2.69 bits per heavy atom. The highest BCUT2D eigenvalue weighted by Gasteiger charge is 2.70. The van der Waals surface area contributed by atoms with Crippen LogP contribution in [0.4, 0.5) is 0 Å². The molecule has 5 saturated carbocycles. The number of fused-ring (bicyclic) bond motifs is 7. The molecule has 10 unspecified atom stereocenters. The van der Waals surface area contributed by atoms with E-state index in [1.165, 1.54) is 51.4 Å². The van der Waals surface area contributed by atoms with Gasteiger partial charge in [0, 0.05) is 12.1 Å². The predicted molar refractivity (Wildman–Crippen MR) is 114 cm³/mol. The maximum atomic E-state index is 13.5. The van der Waals surface area contributed by atoms with Crippen LogP contribution in [0, 0.1) is 65.6 Å². The lowest BCUT2D eigenvalue weighted by molar-refractivity contribution is -0.134. The fraction of sp³-hybridized carbons (Fsp3) is 0.846. The van der Waals surface area contributed by atoms with Gasteiger partial charge in [-0.3, -0.25) is 9.48 Å². The van der Waals surface area contributed by atoms with Gasteiger partial charge in [0.05, 0.1) is 12.7 Å². The van der Waals surface area contributed by atoms with Crippen LogP contribution in [0.15, 0.2) is 12.4 Å². The molecule has 0 amide bonds. The zero-order valence-electron chi connectivity index (χ0n) is 18.5. The van der Waals surface area contributed by atoms with E-state index in [0.717, 1.165) is 47.0 Å². The topological polar surface area (TPSA) is 34.9 Å². The first kappa shape index (κ1) is 18.6. The normalized spacial score (nSPS) is 50.2. The molecule has 5 fully saturated rings. The van der Waals surface area contributed by atoms with Crippen LogP contribution in [0.5, 0.6) is 0 Å². The van der Waals surface area contributed by atoms with Gasteiger partial charge in [0.1, 0.15) is 0 Å². The van der Waals surface area contributed by atoms with Crippen molar-refractivity contribution >= 4 is 5.78 Å². The lowest BCUT2D eigenvalue weighted by Crippen LogP contribution is -2.51. The van der Waals surface area contributed by atoms with E-state index in [4.69, 9.17) is 0 Å². The van der Waals surface area contributed by atoms with E-state index in [-0.39, 0.29) is 5.41 Å². The summed E-state index contributed by atoms with van der Waals surface area (Å²) in [6.07, 6.45) is 15.3. The number of hydrogen-bond donors (Lipinski definition) is 0. The molecule has 3 nitrogen and oxygen atoms in total. The minimum absolute atomic E-state index is 0.267. The van der Waals surface area contributed by atoms with Crippen LogP contribution in [0.1, 0.15) is 70.8 Å². The minimum Gasteiger partial charge on any atom is -0.297 e. The first-order chi connectivity index (χ1) is 14.0. The third-order valence-corrected chi connectivity index (χ3v) is 10.4. The van der Waals surface area contributed by atoms with Gasteiger partial charge in [0.15, 0.2) is 5.78 Å². The predicted octanol–water partition coefficient (Wildman–Crippen LogP) is 5.52. The SMILES string of the molecule is Cc1cnn(CC(=O)C2C3CC3C3C4CCC5CC(C)CCC5C4CCC23C)c1. The number of carbonyl (C=O) groups excluding carboxylic acids is 1. The molecular weight excluding hydrogens is 356 g/mol. The maximum Gasteiger partial charge on any atom is 0.158 e. The number of hydrogen-bond acceptors (Lipinski definition) is 2. The second kappa shape index (κ2) is 6.44. The van der Waals surface area contributed by atoms with Crippen molar-refractivity contribution in [1.29, 1.82) is 0 Å². The molecule has 0 bridgehead atoms. The first-order valence-electron chi connectivity index (χ1n) is 12.5. The van der Waals surface area contributed by atoms with Crippen molar-refractivity contribution in [2.75, 3.05) is 0 Å². The Balaban J connectivity index is 1.24. The van der Waals surface area contributed by atoms with Crippen LogP contribution >= 0.6 is 0 Å². The van der Waals surface area contributed by atoms with E-state index < -0.39 is 0 Å². The molecule has 6 rings (SSSR count). The summed E-state index contributed by atoms with van der Waals surface area (Å²) < 4.78 is 1.88. The van der Waals surface area contributed by atoms with Crippen molar-refractivity contribution < 1.29 is 4.79 Å². The van der Waals surface area contributed by atoms with Crippen LogP contribution < -0.4 is 0 Å². The Kier molecular flexibility index (Phi) is 4.14. The third-order valence-electron chi connectivity index (χ3n) is 10.4. The summed E-state index contributed by atoms with van der Waals surface area (Å²) in [6, 6.07) is 0. The van der Waals surface area contributed by atoms with Gasteiger partial charge >= 0.3 is 0 Å². The highest BCUT2D eigenvalue weighted by Crippen LogP contribution is 2.74. The summed E-state index contributed by atoms with van der Waals surface area (Å²) >= 11 is 0. The average Bonchev–Trinajstić information content (AvgIpc) is 3.23. The van der Waals surface area contributed by atoms with E-state index in [1.807, 2.05) is 17.1 Å². The Bertz CT molecular complexity index is 813. The number of aryl methyl sites for hydroxylation is 1. The van der Waals surface area contributed by atoms with Gasteiger partial charge < -0.3 is 0 Å². The van der Waals surface area contributed by atoms with Crippen LogP contribution in [-0.2, 0) is 11.3 Å². The fourth-order valence-corrected chi connectivity index (χ4v) is 9.47. The molecule has 29 heavy (non-hydrogen) atoms. The van der Waals surface area contributed by atoms with Crippen molar-refractivity contribution in [2.24, 2.45) is 58.7 Å². The van der Waals surface area contributed by atoms with Crippen LogP contribution in [0.2, 0.25) is 0 Å². The van der Waals surface area contributed by atoms with Gasteiger partial charge in [-0.1, -0.05) is 20.3 Å². The Labute approximate surface area is 176 Å². The Morgan fingerprint density at radius 2 is 1.90 bits per heavy atom. The van der Waals surface area contributed by atoms with E-state index in [9.17, 15) is 4.79 Å². The summed E-state index contributed by atoms with van der Waals surface area (Å²) in [5, 5.41) is 4.41. The number of carbonyl (C=O) groups is 1. The molecule has 158 valence electrons. The van der Waals surface area contributed by atoms with Crippen LogP contribution in [0.25, 0.3) is 0 Å². The molecule has 0 aromatic carbocycles. The quantitative estimate of drug-likeness (QED) is 0.676. The zero-order chi connectivity index (χ0) is 19.9. The Hall–Kier alpha value is -1.12. The lowest BCUT2D eigenvalue weighted by Gasteiger charge is -2.57. The fourth-order valence-electron chi connectivity index (χ4n) is 9.47. The maximum absolute atomic E-state index is 13.5. The van der Waals surface area contributed by atoms with Crippen LogP contribution in [0.3, 0.4) is 0 Å². The van der Waals surface area contributed by atoms with Crippen molar-refractivity contribution in [3.8, 4) is 0 Å². The van der Waals surface area contributed by atoms with Gasteiger partial charge in [0.2, 0.25) is 0 Å². The molecule has 0 N–H and O–H groups in total. The molecule has 10 atom stereocenters. The average molecular weight is 395 g/mol. The monoisotopic (exact) mass is 394 g/mol. The number of rotatable bonds is 3. The van der Waals surface area contributed by atoms with E-state index >= 15 is 0 Å². The van der Waals surface area contributed by atoms with Crippen LogP contribution in [-0.4, -0.2) is 15.6 Å². The number of Topliss-reactive ketones (excluding diaryl/α,β-unsaturated/α-hetero) is 1. The van der Waals surface area contributed by atoms with Gasteiger partial charge in [-0.2, -0.15) is 5.10 Å². The van der Waals surface area contributed by atoms with E-state index in [0.29, 0.717) is 24.2 Å². The zero-order valence-corrected chi connectivity index (χ0v) is 18.5. The third kappa shape index (κ3) is 2.74. The molecule has 0 radical (unpaired) electrons. The number of nitrogens with zero attached hydrogens (tertiary/aromatic N) is 2. The second-order valence-electron chi connectivity index (χ2n) is 12.0. The molecular formula is C26H38N2O. The van der Waals surface area contributed by atoms with Crippen molar-refractivity contribution in [3.05, 3.63) is 18.0 Å². The molecule has 5 aliphatic rings. The second-order valence-corrected chi connectivity index (χ2v) is 12.0. The highest BCUT2D eigenvalue weighted by atomic mass is 16.1. The summed E-state index contributed by atoms with van der Waals surface area (Å²) in [5.74, 6) is 8.03. The van der Waals surface area contributed by atoms with Gasteiger partial charge in [-0.15, -0.1) is 0 Å². The molecule has 3 heteroatoms. The molecule has 0 aliphatic heterocycles. The Morgan fingerprint density at radius 1 is 1.07 bits per heavy atom. The summed E-state index contributed by atoms with van der Waals surface area (Å²) in [6.45, 7) is 7.54. The number of ketones is 1. The first-order valence-corrected chi connectivity index (χ1v) is 12.5. The molecule has 5 aliphatic carbocycles. The van der Waals surface area contributed by atoms with Gasteiger partial charge in [-0.25, -0.2) is 0 Å². The summed E-state index contributed by atoms with van der Waals surface area (Å²) in [4.78, 5) is 13.5. The molecule has 1 aromatic rings. The molecule has 1 heterocycles. The van der Waals surface area contributed by atoms with Gasteiger partial charge in [0.25, 0.3) is 0 Å². The summed E-state index contributed by atoms with van der Waals surface area (Å²) in [7, 11) is 0. The van der Waals surface area contributed by atoms with Gasteiger partial charge in [-0.05, 0) is 110 Å². The minimum atomic E-state index is 0.267. The molecule has 0 spiro atoms. The highest BCUT2D eigenvalue weighted by molar-refractivity contribution is 5.83. The van der Waals surface area contributed by atoms with Crippen molar-refractivity contribution in [3.63, 3.8) is 0 Å².